The number of rotatable bonds is 13. The summed E-state index contributed by atoms with van der Waals surface area (Å²) in [4.78, 5) is 0. The Balaban J connectivity index is 1.32. The molecule has 0 atom stereocenters. The molecule has 1 nitrogen and oxygen atoms in total. The number of halogens is 4. The van der Waals surface area contributed by atoms with Crippen LogP contribution in [0, 0.1) is 35.3 Å². The fourth-order valence-electron chi connectivity index (χ4n) is 6.42. The minimum atomic E-state index is -3.16. The molecule has 34 heavy (non-hydrogen) atoms. The van der Waals surface area contributed by atoms with E-state index in [1.165, 1.54) is 102 Å². The van der Waals surface area contributed by atoms with Gasteiger partial charge in [-0.1, -0.05) is 83.6 Å². The second-order valence-electron chi connectivity index (χ2n) is 10.9. The van der Waals surface area contributed by atoms with Crippen molar-refractivity contribution in [3.05, 3.63) is 29.3 Å². The summed E-state index contributed by atoms with van der Waals surface area (Å²) in [7, 11) is 0. The van der Waals surface area contributed by atoms with Gasteiger partial charge in [-0.15, -0.1) is 0 Å². The average molecular weight is 485 g/mol. The van der Waals surface area contributed by atoms with E-state index >= 15 is 0 Å². The fourth-order valence-corrected chi connectivity index (χ4v) is 6.42. The van der Waals surface area contributed by atoms with Crippen LogP contribution in [0.2, 0.25) is 0 Å². The smallest absolute Gasteiger partial charge is 0.387 e. The molecular weight excluding hydrogens is 440 g/mol. The third kappa shape index (κ3) is 8.45. The second-order valence-corrected chi connectivity index (χ2v) is 10.9. The topological polar surface area (TPSA) is 9.23 Å². The largest absolute Gasteiger partial charge is 0.432 e. The van der Waals surface area contributed by atoms with E-state index < -0.39 is 24.0 Å². The van der Waals surface area contributed by atoms with Crippen LogP contribution in [0.1, 0.15) is 115 Å². The molecule has 0 saturated heterocycles. The summed E-state index contributed by atoms with van der Waals surface area (Å²) in [5.74, 6) is 0.129. The van der Waals surface area contributed by atoms with Crippen LogP contribution in [0.4, 0.5) is 17.6 Å². The molecule has 0 unspecified atom stereocenters. The summed E-state index contributed by atoms with van der Waals surface area (Å²) < 4.78 is 56.9. The molecule has 0 aromatic heterocycles. The van der Waals surface area contributed by atoms with Crippen molar-refractivity contribution in [2.75, 3.05) is 0 Å². The second kappa shape index (κ2) is 14.3. The average Bonchev–Trinajstić information content (AvgIpc) is 2.84. The summed E-state index contributed by atoms with van der Waals surface area (Å²) in [5, 5.41) is 0. The molecule has 2 fully saturated rings. The lowest BCUT2D eigenvalue weighted by atomic mass is 9.68. The third-order valence-corrected chi connectivity index (χ3v) is 8.58. The van der Waals surface area contributed by atoms with Crippen molar-refractivity contribution >= 4 is 0 Å². The van der Waals surface area contributed by atoms with Gasteiger partial charge in [-0.3, -0.25) is 0 Å². The van der Waals surface area contributed by atoms with Gasteiger partial charge >= 0.3 is 6.61 Å². The molecule has 2 aliphatic carbocycles. The number of aryl methyl sites for hydroxylation is 1. The zero-order valence-corrected chi connectivity index (χ0v) is 21.0. The molecule has 1 aromatic rings. The number of alkyl halides is 2. The van der Waals surface area contributed by atoms with Gasteiger partial charge in [0, 0.05) is 0 Å². The summed E-state index contributed by atoms with van der Waals surface area (Å²) in [6.45, 7) is -0.891. The lowest BCUT2D eigenvalue weighted by molar-refractivity contribution is -0.0525. The van der Waals surface area contributed by atoms with Gasteiger partial charge in [0.25, 0.3) is 0 Å². The van der Waals surface area contributed by atoms with Gasteiger partial charge in [0.05, 0.1) is 0 Å². The zero-order valence-electron chi connectivity index (χ0n) is 21.0. The van der Waals surface area contributed by atoms with Crippen LogP contribution in [-0.2, 0) is 6.42 Å². The molecule has 2 saturated carbocycles. The van der Waals surface area contributed by atoms with Crippen molar-refractivity contribution in [3.8, 4) is 5.75 Å². The Morgan fingerprint density at radius 3 is 1.88 bits per heavy atom. The fraction of sp³-hybridized carbons (Fsp3) is 0.793. The number of ether oxygens (including phenoxy) is 1. The number of hydrogen-bond donors (Lipinski definition) is 0. The van der Waals surface area contributed by atoms with E-state index in [4.69, 9.17) is 0 Å². The first-order valence-corrected chi connectivity index (χ1v) is 13.9. The molecule has 5 heteroatoms. The van der Waals surface area contributed by atoms with Crippen LogP contribution in [-0.4, -0.2) is 6.61 Å². The van der Waals surface area contributed by atoms with Crippen molar-refractivity contribution < 1.29 is 22.3 Å². The predicted molar refractivity (Wildman–Crippen MR) is 130 cm³/mol. The highest BCUT2D eigenvalue weighted by molar-refractivity contribution is 5.31. The maximum atomic E-state index is 14.3. The van der Waals surface area contributed by atoms with Crippen molar-refractivity contribution in [1.82, 2.24) is 0 Å². The van der Waals surface area contributed by atoms with E-state index in [9.17, 15) is 17.6 Å². The van der Waals surface area contributed by atoms with Crippen LogP contribution in [0.15, 0.2) is 12.1 Å². The summed E-state index contributed by atoms with van der Waals surface area (Å²) in [6, 6.07) is 2.49. The highest BCUT2D eigenvalue weighted by atomic mass is 19.3. The van der Waals surface area contributed by atoms with Crippen LogP contribution < -0.4 is 4.74 Å². The predicted octanol–water partition coefficient (Wildman–Crippen LogP) is 9.86. The maximum absolute atomic E-state index is 14.3. The third-order valence-electron chi connectivity index (χ3n) is 8.58. The lowest BCUT2D eigenvalue weighted by Gasteiger charge is -2.38. The molecule has 194 valence electrons. The van der Waals surface area contributed by atoms with Gasteiger partial charge in [0.1, 0.15) is 0 Å². The minimum Gasteiger partial charge on any atom is -0.432 e. The molecular formula is C29H44F4O. The van der Waals surface area contributed by atoms with Crippen LogP contribution >= 0.6 is 0 Å². The Bertz CT molecular complexity index is 706. The Morgan fingerprint density at radius 2 is 1.29 bits per heavy atom. The van der Waals surface area contributed by atoms with E-state index in [-0.39, 0.29) is 5.56 Å². The number of hydrogen-bond acceptors (Lipinski definition) is 1. The zero-order chi connectivity index (χ0) is 24.3. The highest BCUT2D eigenvalue weighted by Crippen LogP contribution is 2.43. The first kappa shape index (κ1) is 27.3. The molecule has 3 rings (SSSR count). The molecule has 2 aliphatic rings. The van der Waals surface area contributed by atoms with Crippen molar-refractivity contribution in [2.24, 2.45) is 23.7 Å². The standard InChI is InChI=1S/C29H44F4O/c1-2-3-4-5-6-7-8-21-9-14-23(15-10-21)24-16-11-22(12-17-24)13-18-25-19-20-26(34-29(32)33)28(31)27(25)30/h19-24,29H,2-18H2,1H3. The van der Waals surface area contributed by atoms with Crippen LogP contribution in [0.3, 0.4) is 0 Å². The Morgan fingerprint density at radius 1 is 0.735 bits per heavy atom. The molecule has 0 N–H and O–H groups in total. The minimum absolute atomic E-state index is 0.255. The number of unbranched alkanes of at least 4 members (excludes halogenated alkanes) is 5. The Labute approximate surface area is 204 Å². The van der Waals surface area contributed by atoms with E-state index in [2.05, 4.69) is 11.7 Å². The van der Waals surface area contributed by atoms with Gasteiger partial charge in [0.2, 0.25) is 5.82 Å². The van der Waals surface area contributed by atoms with Crippen molar-refractivity contribution in [3.63, 3.8) is 0 Å². The quantitative estimate of drug-likeness (QED) is 0.200. The first-order valence-electron chi connectivity index (χ1n) is 13.9. The monoisotopic (exact) mass is 484 g/mol. The van der Waals surface area contributed by atoms with E-state index in [1.807, 2.05) is 0 Å². The van der Waals surface area contributed by atoms with E-state index in [0.717, 1.165) is 30.2 Å². The molecule has 1 aromatic carbocycles. The number of benzene rings is 1. The maximum Gasteiger partial charge on any atom is 0.387 e. The molecule has 0 amide bonds. The summed E-state index contributed by atoms with van der Waals surface area (Å²) in [6.07, 6.45) is 21.5. The van der Waals surface area contributed by atoms with Gasteiger partial charge in [-0.05, 0) is 73.8 Å². The summed E-state index contributed by atoms with van der Waals surface area (Å²) in [5.41, 5.74) is 0.255. The van der Waals surface area contributed by atoms with Crippen molar-refractivity contribution in [1.29, 1.82) is 0 Å². The molecule has 0 radical (unpaired) electrons. The lowest BCUT2D eigenvalue weighted by Crippen LogP contribution is -2.26. The first-order chi connectivity index (χ1) is 16.5. The molecule has 0 aliphatic heterocycles. The van der Waals surface area contributed by atoms with E-state index in [0.29, 0.717) is 12.3 Å². The van der Waals surface area contributed by atoms with Gasteiger partial charge in [0.15, 0.2) is 11.6 Å². The van der Waals surface area contributed by atoms with Crippen LogP contribution in [0.5, 0.6) is 5.75 Å². The van der Waals surface area contributed by atoms with Crippen LogP contribution in [0.25, 0.3) is 0 Å². The van der Waals surface area contributed by atoms with Crippen molar-refractivity contribution in [2.45, 2.75) is 123 Å². The normalized spacial score (nSPS) is 25.6. The Kier molecular flexibility index (Phi) is 11.5. The molecule has 0 bridgehead atoms. The van der Waals surface area contributed by atoms with Gasteiger partial charge in [-0.25, -0.2) is 4.39 Å². The molecule has 0 spiro atoms. The van der Waals surface area contributed by atoms with Gasteiger partial charge < -0.3 is 4.74 Å². The SMILES string of the molecule is CCCCCCCCC1CCC(C2CCC(CCc3ccc(OC(F)F)c(F)c3F)CC2)CC1. The van der Waals surface area contributed by atoms with Gasteiger partial charge in [-0.2, -0.15) is 13.2 Å². The highest BCUT2D eigenvalue weighted by Gasteiger charge is 2.31. The summed E-state index contributed by atoms with van der Waals surface area (Å²) >= 11 is 0. The molecule has 0 heterocycles. The van der Waals surface area contributed by atoms with E-state index in [1.54, 1.807) is 0 Å². The Hall–Kier alpha value is -1.26.